The van der Waals surface area contributed by atoms with Crippen LogP contribution in [0.4, 0.5) is 0 Å². The van der Waals surface area contributed by atoms with Crippen molar-refractivity contribution < 1.29 is 9.59 Å². The molecule has 2 saturated heterocycles. The maximum atomic E-state index is 13.5. The quantitative estimate of drug-likeness (QED) is 0.399. The van der Waals surface area contributed by atoms with E-state index in [0.717, 1.165) is 49.1 Å². The number of carbonyl (C=O) groups is 2. The van der Waals surface area contributed by atoms with Gasteiger partial charge in [-0.25, -0.2) is 4.98 Å². The van der Waals surface area contributed by atoms with E-state index in [1.54, 1.807) is 11.6 Å². The molecule has 200 valence electrons. The van der Waals surface area contributed by atoms with E-state index in [1.165, 1.54) is 0 Å². The topological polar surface area (TPSA) is 80.4 Å². The molecule has 39 heavy (non-hydrogen) atoms. The SMILES string of the molecule is Cn1c(=O)c(CCC(=O)N2CCC3(CCN(C(=O)c4ccccc4-n4cccc4)CC3)C2)nc2ccccc21. The molecular weight excluding hydrogens is 490 g/mol. The Balaban J connectivity index is 1.07. The summed E-state index contributed by atoms with van der Waals surface area (Å²) in [6.07, 6.45) is 7.25. The number of carbonyl (C=O) groups excluding carboxylic acids is 2. The lowest BCUT2D eigenvalue weighted by atomic mass is 9.77. The molecule has 6 rings (SSSR count). The Morgan fingerprint density at radius 2 is 1.54 bits per heavy atom. The second-order valence-corrected chi connectivity index (χ2v) is 10.9. The third kappa shape index (κ3) is 4.75. The predicted octanol–water partition coefficient (Wildman–Crippen LogP) is 3.81. The van der Waals surface area contributed by atoms with Crippen LogP contribution in [0.25, 0.3) is 16.7 Å². The van der Waals surface area contributed by atoms with Gasteiger partial charge in [-0.1, -0.05) is 24.3 Å². The van der Waals surface area contributed by atoms with Gasteiger partial charge in [-0.15, -0.1) is 0 Å². The van der Waals surface area contributed by atoms with Crippen molar-refractivity contribution in [3.8, 4) is 5.69 Å². The Morgan fingerprint density at radius 3 is 2.31 bits per heavy atom. The highest BCUT2D eigenvalue weighted by Gasteiger charge is 2.42. The average Bonchev–Trinajstić information content (AvgIpc) is 3.65. The van der Waals surface area contributed by atoms with Gasteiger partial charge in [0.15, 0.2) is 0 Å². The van der Waals surface area contributed by atoms with Crippen molar-refractivity contribution in [2.75, 3.05) is 26.2 Å². The Labute approximate surface area is 227 Å². The number of benzene rings is 2. The zero-order valence-electron chi connectivity index (χ0n) is 22.3. The van der Waals surface area contributed by atoms with E-state index in [4.69, 9.17) is 0 Å². The van der Waals surface area contributed by atoms with Crippen LogP contribution >= 0.6 is 0 Å². The van der Waals surface area contributed by atoms with Crippen molar-refractivity contribution in [2.45, 2.75) is 32.1 Å². The van der Waals surface area contributed by atoms with Gasteiger partial charge in [0.25, 0.3) is 11.5 Å². The van der Waals surface area contributed by atoms with E-state index < -0.39 is 0 Å². The van der Waals surface area contributed by atoms with Crippen LogP contribution in [0, 0.1) is 5.41 Å². The number of fused-ring (bicyclic) bond motifs is 1. The van der Waals surface area contributed by atoms with Crippen molar-refractivity contribution in [2.24, 2.45) is 12.5 Å². The Kier molecular flexibility index (Phi) is 6.54. The van der Waals surface area contributed by atoms with E-state index in [1.807, 2.05) is 87.4 Å². The number of hydrogen-bond acceptors (Lipinski definition) is 4. The van der Waals surface area contributed by atoms with Gasteiger partial charge in [-0.2, -0.15) is 0 Å². The summed E-state index contributed by atoms with van der Waals surface area (Å²) in [5.74, 6) is 0.132. The molecule has 4 aromatic rings. The van der Waals surface area contributed by atoms with Crippen LogP contribution in [-0.4, -0.2) is 61.9 Å². The van der Waals surface area contributed by atoms with Gasteiger partial charge in [0.05, 0.1) is 22.3 Å². The first-order chi connectivity index (χ1) is 18.9. The zero-order chi connectivity index (χ0) is 27.0. The summed E-state index contributed by atoms with van der Waals surface area (Å²) in [4.78, 5) is 47.8. The van der Waals surface area contributed by atoms with Crippen LogP contribution in [0.5, 0.6) is 0 Å². The second kappa shape index (κ2) is 10.2. The minimum atomic E-state index is -0.144. The minimum absolute atomic E-state index is 0.0592. The summed E-state index contributed by atoms with van der Waals surface area (Å²) in [5, 5.41) is 0. The standard InChI is InChI=1S/C31H33N5O3/c1-33-27-11-5-3-9-24(27)32-25(30(33)39)12-13-28(37)36-21-16-31(22-36)14-19-35(20-15-31)29(38)23-8-2-4-10-26(23)34-17-6-7-18-34/h2-11,17-18H,12-16,19-22H2,1H3. The summed E-state index contributed by atoms with van der Waals surface area (Å²) >= 11 is 0. The van der Waals surface area contributed by atoms with Crippen molar-refractivity contribution in [3.63, 3.8) is 0 Å². The van der Waals surface area contributed by atoms with Gasteiger partial charge in [-0.05, 0) is 61.1 Å². The molecule has 0 radical (unpaired) electrons. The summed E-state index contributed by atoms with van der Waals surface area (Å²) in [6.45, 7) is 2.83. The molecule has 1 spiro atoms. The van der Waals surface area contributed by atoms with Crippen molar-refractivity contribution in [1.29, 1.82) is 0 Å². The highest BCUT2D eigenvalue weighted by Crippen LogP contribution is 2.41. The van der Waals surface area contributed by atoms with Crippen molar-refractivity contribution in [3.05, 3.63) is 94.7 Å². The van der Waals surface area contributed by atoms with Crippen LogP contribution in [0.3, 0.4) is 0 Å². The number of aryl methyl sites for hydroxylation is 2. The van der Waals surface area contributed by atoms with Crippen LogP contribution in [0.1, 0.15) is 41.7 Å². The lowest BCUT2D eigenvalue weighted by Gasteiger charge is -2.39. The molecule has 2 aromatic heterocycles. The molecule has 0 unspecified atom stereocenters. The lowest BCUT2D eigenvalue weighted by Crippen LogP contribution is -2.45. The predicted molar refractivity (Wildman–Crippen MR) is 150 cm³/mol. The van der Waals surface area contributed by atoms with E-state index in [-0.39, 0.29) is 29.2 Å². The van der Waals surface area contributed by atoms with E-state index in [2.05, 4.69) is 4.98 Å². The van der Waals surface area contributed by atoms with Crippen LogP contribution in [0.2, 0.25) is 0 Å². The number of rotatable bonds is 5. The highest BCUT2D eigenvalue weighted by atomic mass is 16.2. The van der Waals surface area contributed by atoms with Crippen molar-refractivity contribution >= 4 is 22.8 Å². The number of piperidine rings is 1. The molecule has 0 aliphatic carbocycles. The van der Waals surface area contributed by atoms with Gasteiger partial charge in [0.1, 0.15) is 5.69 Å². The largest absolute Gasteiger partial charge is 0.342 e. The molecule has 8 nitrogen and oxygen atoms in total. The molecule has 0 bridgehead atoms. The fourth-order valence-electron chi connectivity index (χ4n) is 6.17. The van der Waals surface area contributed by atoms with E-state index >= 15 is 0 Å². The number of amides is 2. The zero-order valence-corrected chi connectivity index (χ0v) is 22.3. The van der Waals surface area contributed by atoms with Gasteiger partial charge >= 0.3 is 0 Å². The molecule has 0 saturated carbocycles. The van der Waals surface area contributed by atoms with Gasteiger partial charge in [-0.3, -0.25) is 14.4 Å². The van der Waals surface area contributed by atoms with Crippen LogP contribution in [0.15, 0.2) is 77.9 Å². The number of para-hydroxylation sites is 3. The van der Waals surface area contributed by atoms with Crippen LogP contribution in [-0.2, 0) is 18.3 Å². The Bertz CT molecular complexity index is 1580. The number of nitrogens with zero attached hydrogens (tertiary/aromatic N) is 5. The van der Waals surface area contributed by atoms with E-state index in [0.29, 0.717) is 30.8 Å². The van der Waals surface area contributed by atoms with Gasteiger partial charge < -0.3 is 18.9 Å². The molecule has 8 heteroatoms. The highest BCUT2D eigenvalue weighted by molar-refractivity contribution is 5.98. The van der Waals surface area contributed by atoms with Gasteiger partial charge in [0, 0.05) is 58.5 Å². The fourth-order valence-corrected chi connectivity index (χ4v) is 6.17. The smallest absolute Gasteiger partial charge is 0.272 e. The molecule has 0 atom stereocenters. The molecular formula is C31H33N5O3. The fraction of sp³-hybridized carbons (Fsp3) is 0.355. The van der Waals surface area contributed by atoms with Gasteiger partial charge in [0.2, 0.25) is 5.91 Å². The molecule has 2 fully saturated rings. The third-order valence-electron chi connectivity index (χ3n) is 8.55. The maximum absolute atomic E-state index is 13.5. The number of likely N-dealkylation sites (tertiary alicyclic amines) is 2. The average molecular weight is 524 g/mol. The molecule has 2 aliphatic heterocycles. The molecule has 2 amide bonds. The monoisotopic (exact) mass is 523 g/mol. The summed E-state index contributed by atoms with van der Waals surface area (Å²) in [7, 11) is 1.75. The Morgan fingerprint density at radius 1 is 0.872 bits per heavy atom. The number of hydrogen-bond donors (Lipinski definition) is 0. The summed E-state index contributed by atoms with van der Waals surface area (Å²) in [5.41, 5.74) is 3.50. The summed E-state index contributed by atoms with van der Waals surface area (Å²) in [6, 6.07) is 19.2. The minimum Gasteiger partial charge on any atom is -0.342 e. The van der Waals surface area contributed by atoms with E-state index in [9.17, 15) is 14.4 Å². The molecule has 2 aromatic carbocycles. The number of aromatic nitrogens is 3. The first-order valence-electron chi connectivity index (χ1n) is 13.7. The Hall–Kier alpha value is -4.20. The molecule has 2 aliphatic rings. The normalized spacial score (nSPS) is 16.7. The maximum Gasteiger partial charge on any atom is 0.272 e. The second-order valence-electron chi connectivity index (χ2n) is 10.9. The van der Waals surface area contributed by atoms with Crippen LogP contribution < -0.4 is 5.56 Å². The lowest BCUT2D eigenvalue weighted by molar-refractivity contribution is -0.130. The molecule has 4 heterocycles. The first-order valence-corrected chi connectivity index (χ1v) is 13.7. The first kappa shape index (κ1) is 25.1. The van der Waals surface area contributed by atoms with Crippen molar-refractivity contribution in [1.82, 2.24) is 23.9 Å². The third-order valence-corrected chi connectivity index (χ3v) is 8.55. The molecule has 0 N–H and O–H groups in total. The summed E-state index contributed by atoms with van der Waals surface area (Å²) < 4.78 is 3.58.